The van der Waals surface area contributed by atoms with Crippen molar-refractivity contribution in [3.63, 3.8) is 0 Å². The van der Waals surface area contributed by atoms with E-state index in [0.29, 0.717) is 5.39 Å². The summed E-state index contributed by atoms with van der Waals surface area (Å²) in [6.07, 6.45) is -5.82. The number of hydrogen-bond acceptors (Lipinski definition) is 5. The first-order chi connectivity index (χ1) is 15.5. The number of carbonyl (C=O) groups excluding carboxylic acids is 2. The van der Waals surface area contributed by atoms with Crippen molar-refractivity contribution in [2.45, 2.75) is 37.8 Å². The Balaban J connectivity index is 1.35. The molecule has 12 heteroatoms. The van der Waals surface area contributed by atoms with E-state index >= 15 is 0 Å². The number of benzene rings is 1. The van der Waals surface area contributed by atoms with Crippen molar-refractivity contribution in [2.75, 3.05) is 13.2 Å². The summed E-state index contributed by atoms with van der Waals surface area (Å²) in [5.74, 6) is -3.18. The molecule has 7 nitrogen and oxygen atoms in total. The van der Waals surface area contributed by atoms with Gasteiger partial charge in [0, 0.05) is 43.0 Å². The molecule has 1 heterocycles. The van der Waals surface area contributed by atoms with Gasteiger partial charge < -0.3 is 15.4 Å². The van der Waals surface area contributed by atoms with Gasteiger partial charge in [0.1, 0.15) is 12.3 Å². The summed E-state index contributed by atoms with van der Waals surface area (Å²) in [5.41, 5.74) is 0.363. The van der Waals surface area contributed by atoms with Gasteiger partial charge in [-0.3, -0.25) is 14.3 Å². The molecule has 2 N–H and O–H groups in total. The lowest BCUT2D eigenvalue weighted by atomic mass is 9.92. The van der Waals surface area contributed by atoms with Crippen LogP contribution in [0.4, 0.5) is 22.0 Å². The lowest BCUT2D eigenvalue weighted by Crippen LogP contribution is -2.42. The summed E-state index contributed by atoms with van der Waals surface area (Å²) >= 11 is 0. The average Bonchev–Trinajstić information content (AvgIpc) is 2.69. The van der Waals surface area contributed by atoms with Crippen LogP contribution in [-0.2, 0) is 14.3 Å². The van der Waals surface area contributed by atoms with Gasteiger partial charge in [-0.05, 0) is 12.1 Å². The molecule has 3 rings (SSSR count). The monoisotopic (exact) mass is 473 g/mol. The Morgan fingerprint density at radius 1 is 1.12 bits per heavy atom. The molecule has 1 aromatic carbocycles. The van der Waals surface area contributed by atoms with E-state index in [4.69, 9.17) is 4.74 Å². The number of nitrogens with one attached hydrogen (secondary N) is 2. The molecule has 0 bridgehead atoms. The van der Waals surface area contributed by atoms with E-state index in [1.165, 1.54) is 12.1 Å². The first kappa shape index (κ1) is 24.5. The SMILES string of the molecule is C=C(CCNC(=O)CO[C@H]1C[C@@H](OC(F)(F)F)C1)NC(=O)c1ccc2cc(F)c(F)cc2n1. The van der Waals surface area contributed by atoms with Gasteiger partial charge in [0.05, 0.1) is 17.7 Å². The fourth-order valence-electron chi connectivity index (χ4n) is 3.07. The Bertz CT molecular complexity index is 1050. The second kappa shape index (κ2) is 10.2. The number of fused-ring (bicyclic) bond motifs is 1. The molecule has 0 aliphatic heterocycles. The summed E-state index contributed by atoms with van der Waals surface area (Å²) in [6, 6.07) is 4.65. The standard InChI is InChI=1S/C21H20F5N3O4/c1-11(4-5-27-19(30)10-32-13-7-14(8-13)33-21(24,25)26)28-20(31)17-3-2-12-6-15(22)16(23)9-18(12)29-17/h2-3,6,9,13-14H,1,4-5,7-8,10H2,(H,27,30)(H,28,31)/t13-,14+. The number of rotatable bonds is 9. The third kappa shape index (κ3) is 7.19. The highest BCUT2D eigenvalue weighted by atomic mass is 19.4. The highest BCUT2D eigenvalue weighted by Gasteiger charge is 2.40. The number of aromatic nitrogens is 1. The Morgan fingerprint density at radius 3 is 2.52 bits per heavy atom. The molecule has 2 aromatic rings. The lowest BCUT2D eigenvalue weighted by molar-refractivity contribution is -0.357. The second-order valence-corrected chi connectivity index (χ2v) is 7.40. The van der Waals surface area contributed by atoms with E-state index in [2.05, 4.69) is 26.9 Å². The maximum Gasteiger partial charge on any atom is 0.522 e. The molecule has 0 radical (unpaired) electrons. The third-order valence-corrected chi connectivity index (χ3v) is 4.81. The fourth-order valence-corrected chi connectivity index (χ4v) is 3.07. The molecular weight excluding hydrogens is 453 g/mol. The van der Waals surface area contributed by atoms with Crippen LogP contribution < -0.4 is 10.6 Å². The second-order valence-electron chi connectivity index (χ2n) is 7.40. The number of amides is 2. The Morgan fingerprint density at radius 2 is 1.82 bits per heavy atom. The highest BCUT2D eigenvalue weighted by Crippen LogP contribution is 2.31. The average molecular weight is 473 g/mol. The van der Waals surface area contributed by atoms with Gasteiger partial charge in [-0.25, -0.2) is 13.8 Å². The zero-order valence-corrected chi connectivity index (χ0v) is 17.2. The molecule has 0 spiro atoms. The van der Waals surface area contributed by atoms with Crippen molar-refractivity contribution in [2.24, 2.45) is 0 Å². The number of ether oxygens (including phenoxy) is 2. The molecule has 178 valence electrons. The Kier molecular flexibility index (Phi) is 7.59. The van der Waals surface area contributed by atoms with Crippen LogP contribution in [0.1, 0.15) is 29.8 Å². The number of hydrogen-bond donors (Lipinski definition) is 2. The largest absolute Gasteiger partial charge is 0.522 e. The van der Waals surface area contributed by atoms with Crippen LogP contribution in [0.5, 0.6) is 0 Å². The van der Waals surface area contributed by atoms with Gasteiger partial charge in [0.2, 0.25) is 5.91 Å². The number of pyridine rings is 1. The minimum Gasteiger partial charge on any atom is -0.368 e. The molecule has 0 unspecified atom stereocenters. The van der Waals surface area contributed by atoms with Gasteiger partial charge in [0.15, 0.2) is 11.6 Å². The van der Waals surface area contributed by atoms with Crippen molar-refractivity contribution in [3.05, 3.63) is 53.9 Å². The predicted octanol–water partition coefficient (Wildman–Crippen LogP) is 3.35. The van der Waals surface area contributed by atoms with Crippen molar-refractivity contribution in [3.8, 4) is 0 Å². The van der Waals surface area contributed by atoms with E-state index in [9.17, 15) is 31.5 Å². The summed E-state index contributed by atoms with van der Waals surface area (Å²) in [7, 11) is 0. The van der Waals surface area contributed by atoms with Gasteiger partial charge in [-0.15, -0.1) is 13.2 Å². The van der Waals surface area contributed by atoms with Crippen LogP contribution in [0.15, 0.2) is 36.5 Å². The highest BCUT2D eigenvalue weighted by molar-refractivity contribution is 5.95. The topological polar surface area (TPSA) is 89.5 Å². The quantitative estimate of drug-likeness (QED) is 0.546. The number of alkyl halides is 3. The van der Waals surface area contributed by atoms with E-state index in [1.54, 1.807) is 0 Å². The van der Waals surface area contributed by atoms with Gasteiger partial charge in [0.25, 0.3) is 5.91 Å². The van der Waals surface area contributed by atoms with E-state index in [1.807, 2.05) is 0 Å². The molecule has 33 heavy (non-hydrogen) atoms. The van der Waals surface area contributed by atoms with Crippen molar-refractivity contribution in [1.29, 1.82) is 0 Å². The lowest BCUT2D eigenvalue weighted by Gasteiger charge is -2.34. The Hall–Kier alpha value is -3.12. The normalized spacial score (nSPS) is 18.0. The zero-order chi connectivity index (χ0) is 24.2. The van der Waals surface area contributed by atoms with Crippen molar-refractivity contribution in [1.82, 2.24) is 15.6 Å². The summed E-state index contributed by atoms with van der Waals surface area (Å²) in [4.78, 5) is 28.1. The Labute approximate surface area is 184 Å². The van der Waals surface area contributed by atoms with E-state index in [0.717, 1.165) is 12.1 Å². The zero-order valence-electron chi connectivity index (χ0n) is 17.2. The van der Waals surface area contributed by atoms with Crippen molar-refractivity contribution < 1.29 is 41.0 Å². The van der Waals surface area contributed by atoms with Gasteiger partial charge in [-0.2, -0.15) is 0 Å². The van der Waals surface area contributed by atoms with Crippen LogP contribution in [0, 0.1) is 11.6 Å². The molecule has 1 fully saturated rings. The van der Waals surface area contributed by atoms with Crippen LogP contribution in [0.3, 0.4) is 0 Å². The number of nitrogens with zero attached hydrogens (tertiary/aromatic N) is 1. The number of carbonyl (C=O) groups is 2. The van der Waals surface area contributed by atoms with Gasteiger partial charge >= 0.3 is 6.36 Å². The van der Waals surface area contributed by atoms with Crippen LogP contribution >= 0.6 is 0 Å². The summed E-state index contributed by atoms with van der Waals surface area (Å²) in [5, 5.41) is 5.37. The molecular formula is C21H20F5N3O4. The van der Waals surface area contributed by atoms with Crippen LogP contribution in [-0.4, -0.2) is 48.5 Å². The molecule has 1 saturated carbocycles. The van der Waals surface area contributed by atoms with E-state index < -0.39 is 42.0 Å². The smallest absolute Gasteiger partial charge is 0.368 e. The maximum atomic E-state index is 13.4. The van der Waals surface area contributed by atoms with Crippen LogP contribution in [0.25, 0.3) is 10.9 Å². The third-order valence-electron chi connectivity index (χ3n) is 4.81. The molecule has 0 atom stereocenters. The minimum atomic E-state index is -4.69. The predicted molar refractivity (Wildman–Crippen MR) is 106 cm³/mol. The minimum absolute atomic E-state index is 0.0274. The molecule has 2 amide bonds. The first-order valence-corrected chi connectivity index (χ1v) is 9.88. The molecule has 1 aliphatic carbocycles. The van der Waals surface area contributed by atoms with Crippen molar-refractivity contribution >= 4 is 22.7 Å². The fraction of sp³-hybridized carbons (Fsp3) is 0.381. The number of halogens is 5. The summed E-state index contributed by atoms with van der Waals surface area (Å²) < 4.78 is 71.8. The molecule has 0 saturated heterocycles. The first-order valence-electron chi connectivity index (χ1n) is 9.88. The van der Waals surface area contributed by atoms with E-state index in [-0.39, 0.29) is 49.3 Å². The molecule has 1 aromatic heterocycles. The van der Waals surface area contributed by atoms with Crippen LogP contribution in [0.2, 0.25) is 0 Å². The maximum absolute atomic E-state index is 13.4. The molecule has 1 aliphatic rings. The van der Waals surface area contributed by atoms with Gasteiger partial charge in [-0.1, -0.05) is 12.6 Å². The summed E-state index contributed by atoms with van der Waals surface area (Å²) in [6.45, 7) is 3.49.